The van der Waals surface area contributed by atoms with Crippen LogP contribution >= 0.6 is 0 Å². The van der Waals surface area contributed by atoms with Gasteiger partial charge < -0.3 is 4.74 Å². The average Bonchev–Trinajstić information content (AvgIpc) is 2.82. The van der Waals surface area contributed by atoms with E-state index in [-0.39, 0.29) is 11.4 Å². The van der Waals surface area contributed by atoms with E-state index in [1.165, 1.54) is 47.6 Å². The zero-order valence-corrected chi connectivity index (χ0v) is 24.9. The van der Waals surface area contributed by atoms with Crippen LogP contribution in [0.25, 0.3) is 6.08 Å². The van der Waals surface area contributed by atoms with Gasteiger partial charge in [-0.3, -0.25) is 0 Å². The van der Waals surface area contributed by atoms with Gasteiger partial charge in [0.1, 0.15) is 5.75 Å². The van der Waals surface area contributed by atoms with Crippen LogP contribution in [0.4, 0.5) is 0 Å². The second kappa shape index (κ2) is 15.3. The maximum Gasteiger partial charge on any atom is 0.336 e. The van der Waals surface area contributed by atoms with E-state index >= 15 is 0 Å². The molecule has 0 aromatic heterocycles. The Morgan fingerprint density at radius 3 is 2.39 bits per heavy atom. The third-order valence-corrected chi connectivity index (χ3v) is 7.01. The van der Waals surface area contributed by atoms with Crippen LogP contribution in [-0.2, 0) is 4.79 Å². The van der Waals surface area contributed by atoms with Crippen molar-refractivity contribution < 1.29 is 9.53 Å². The Bertz CT molecular complexity index is 1140. The van der Waals surface area contributed by atoms with E-state index in [2.05, 4.69) is 84.9 Å². The Hall–Kier alpha value is -3.13. The third kappa shape index (κ3) is 11.5. The molecule has 0 saturated heterocycles. The summed E-state index contributed by atoms with van der Waals surface area (Å²) >= 11 is 0. The molecule has 0 radical (unpaired) electrons. The molecule has 204 valence electrons. The van der Waals surface area contributed by atoms with Gasteiger partial charge in [0, 0.05) is 6.08 Å². The SMILES string of the molecule is CC(C)=CCCC(C)/C=C/c1ccc(OC(=O)\C=C(C)/C=C/C=C(C)/C=C/C2=C(C)CCCC2(C)C)cc1. The Labute approximate surface area is 232 Å². The van der Waals surface area contributed by atoms with Crippen molar-refractivity contribution in [3.05, 3.63) is 106 Å². The van der Waals surface area contributed by atoms with Crippen LogP contribution in [0.1, 0.15) is 93.1 Å². The smallest absolute Gasteiger partial charge is 0.336 e. The number of ether oxygens (including phenoxy) is 1. The molecule has 1 aromatic carbocycles. The number of esters is 1. The first kappa shape index (κ1) is 31.1. The fraction of sp³-hybridized carbons (Fsp3) is 0.417. The predicted octanol–water partition coefficient (Wildman–Crippen LogP) is 10.5. The summed E-state index contributed by atoms with van der Waals surface area (Å²) in [5.41, 5.74) is 7.71. The van der Waals surface area contributed by atoms with Crippen molar-refractivity contribution in [3.63, 3.8) is 0 Å². The van der Waals surface area contributed by atoms with E-state index in [1.807, 2.05) is 43.3 Å². The van der Waals surface area contributed by atoms with Crippen molar-refractivity contribution in [1.82, 2.24) is 0 Å². The van der Waals surface area contributed by atoms with Crippen LogP contribution in [0.2, 0.25) is 0 Å². The Morgan fingerprint density at radius 1 is 1.03 bits per heavy atom. The van der Waals surface area contributed by atoms with Crippen LogP contribution < -0.4 is 4.74 Å². The largest absolute Gasteiger partial charge is 0.423 e. The van der Waals surface area contributed by atoms with Gasteiger partial charge >= 0.3 is 5.97 Å². The molecule has 0 fully saturated rings. The highest BCUT2D eigenvalue weighted by molar-refractivity contribution is 5.85. The lowest BCUT2D eigenvalue weighted by Crippen LogP contribution is -2.19. The van der Waals surface area contributed by atoms with Gasteiger partial charge in [0.2, 0.25) is 0 Å². The van der Waals surface area contributed by atoms with Crippen LogP contribution in [0.15, 0.2) is 101 Å². The van der Waals surface area contributed by atoms with Crippen LogP contribution in [0.5, 0.6) is 5.75 Å². The summed E-state index contributed by atoms with van der Waals surface area (Å²) < 4.78 is 5.49. The number of hydrogen-bond acceptors (Lipinski definition) is 2. The maximum atomic E-state index is 12.4. The molecule has 0 N–H and O–H groups in total. The third-order valence-electron chi connectivity index (χ3n) is 7.01. The lowest BCUT2D eigenvalue weighted by Gasteiger charge is -2.32. The molecule has 1 aliphatic carbocycles. The molecule has 1 aliphatic rings. The summed E-state index contributed by atoms with van der Waals surface area (Å²) in [6, 6.07) is 7.64. The van der Waals surface area contributed by atoms with Crippen molar-refractivity contribution in [2.45, 2.75) is 87.5 Å². The van der Waals surface area contributed by atoms with Crippen molar-refractivity contribution in [1.29, 1.82) is 0 Å². The summed E-state index contributed by atoms with van der Waals surface area (Å²) in [4.78, 5) is 12.4. The molecular weight excluding hydrogens is 464 g/mol. The number of carbonyl (C=O) groups is 1. The molecule has 2 heteroatoms. The van der Waals surface area contributed by atoms with Gasteiger partial charge in [-0.15, -0.1) is 0 Å². The number of carbonyl (C=O) groups excluding carboxylic acids is 1. The predicted molar refractivity (Wildman–Crippen MR) is 165 cm³/mol. The normalized spacial score (nSPS) is 17.5. The van der Waals surface area contributed by atoms with Gasteiger partial charge in [-0.05, 0) is 107 Å². The van der Waals surface area contributed by atoms with Gasteiger partial charge in [0.25, 0.3) is 0 Å². The van der Waals surface area contributed by atoms with Crippen molar-refractivity contribution in [3.8, 4) is 5.75 Å². The molecule has 2 rings (SSSR count). The van der Waals surface area contributed by atoms with E-state index in [0.29, 0.717) is 11.7 Å². The first-order chi connectivity index (χ1) is 18.0. The highest BCUT2D eigenvalue weighted by Gasteiger charge is 2.26. The highest BCUT2D eigenvalue weighted by atomic mass is 16.5. The van der Waals surface area contributed by atoms with Crippen molar-refractivity contribution >= 4 is 12.0 Å². The molecule has 1 unspecified atom stereocenters. The summed E-state index contributed by atoms with van der Waals surface area (Å²) in [5, 5.41) is 0. The minimum Gasteiger partial charge on any atom is -0.423 e. The number of hydrogen-bond donors (Lipinski definition) is 0. The summed E-state index contributed by atoms with van der Waals surface area (Å²) in [6.07, 6.45) is 24.6. The molecule has 0 aliphatic heterocycles. The van der Waals surface area contributed by atoms with Gasteiger partial charge in [-0.25, -0.2) is 4.79 Å². The second-order valence-electron chi connectivity index (χ2n) is 11.6. The molecule has 1 atom stereocenters. The molecule has 1 aromatic rings. The number of allylic oxidation sites excluding steroid dienone is 12. The van der Waals surface area contributed by atoms with Crippen LogP contribution in [0.3, 0.4) is 0 Å². The first-order valence-electron chi connectivity index (χ1n) is 14.0. The summed E-state index contributed by atoms with van der Waals surface area (Å²) in [6.45, 7) is 17.4. The lowest BCUT2D eigenvalue weighted by molar-refractivity contribution is -0.129. The highest BCUT2D eigenvalue weighted by Crippen LogP contribution is 2.40. The van der Waals surface area contributed by atoms with Crippen molar-refractivity contribution in [2.24, 2.45) is 11.3 Å². The van der Waals surface area contributed by atoms with Crippen LogP contribution in [-0.4, -0.2) is 5.97 Å². The monoisotopic (exact) mass is 512 g/mol. The number of rotatable bonds is 11. The second-order valence-corrected chi connectivity index (χ2v) is 11.6. The Kier molecular flexibility index (Phi) is 12.5. The van der Waals surface area contributed by atoms with E-state index in [1.54, 1.807) is 0 Å². The van der Waals surface area contributed by atoms with E-state index in [9.17, 15) is 4.79 Å². The minimum absolute atomic E-state index is 0.245. The molecular formula is C36H48O2. The zero-order chi connectivity index (χ0) is 28.1. The van der Waals surface area contributed by atoms with E-state index in [0.717, 1.165) is 24.0 Å². The van der Waals surface area contributed by atoms with Gasteiger partial charge in [-0.2, -0.15) is 0 Å². The van der Waals surface area contributed by atoms with E-state index in [4.69, 9.17) is 4.74 Å². The lowest BCUT2D eigenvalue weighted by atomic mass is 9.72. The first-order valence-corrected chi connectivity index (χ1v) is 14.0. The fourth-order valence-electron chi connectivity index (χ4n) is 4.67. The summed E-state index contributed by atoms with van der Waals surface area (Å²) in [7, 11) is 0. The quantitative estimate of drug-likeness (QED) is 0.0969. The van der Waals surface area contributed by atoms with E-state index < -0.39 is 0 Å². The van der Waals surface area contributed by atoms with Gasteiger partial charge in [-0.1, -0.05) is 98.2 Å². The van der Waals surface area contributed by atoms with Crippen molar-refractivity contribution in [2.75, 3.05) is 0 Å². The minimum atomic E-state index is -0.370. The Balaban J connectivity index is 1.88. The molecule has 0 bridgehead atoms. The molecule has 0 spiro atoms. The molecule has 38 heavy (non-hydrogen) atoms. The van der Waals surface area contributed by atoms with Crippen LogP contribution in [0, 0.1) is 11.3 Å². The number of benzene rings is 1. The molecule has 0 saturated carbocycles. The fourth-order valence-corrected chi connectivity index (χ4v) is 4.67. The zero-order valence-electron chi connectivity index (χ0n) is 24.9. The standard InChI is InChI=1S/C36H48O2/c1-27(2)12-9-13-28(3)17-19-32-20-22-33(23-21-32)38-35(37)26-30(5)15-10-14-29(4)18-24-34-31(6)16-11-25-36(34,7)8/h10,12,14-15,17-24,26,28H,9,11,13,16,25H2,1-8H3/b15-10+,19-17+,24-18+,29-14+,30-26-. The molecule has 0 heterocycles. The summed E-state index contributed by atoms with van der Waals surface area (Å²) in [5.74, 6) is 0.698. The molecule has 0 amide bonds. The topological polar surface area (TPSA) is 26.3 Å². The average molecular weight is 513 g/mol. The van der Waals surface area contributed by atoms with Gasteiger partial charge in [0.15, 0.2) is 0 Å². The molecule has 2 nitrogen and oxygen atoms in total. The Morgan fingerprint density at radius 2 is 1.74 bits per heavy atom. The van der Waals surface area contributed by atoms with Gasteiger partial charge in [0.05, 0.1) is 0 Å². The maximum absolute atomic E-state index is 12.4.